The summed E-state index contributed by atoms with van der Waals surface area (Å²) in [5.74, 6) is 0.835. The number of benzene rings is 2. The molecule has 4 rings (SSSR count). The van der Waals surface area contributed by atoms with E-state index in [-0.39, 0.29) is 12.4 Å². The summed E-state index contributed by atoms with van der Waals surface area (Å²) in [7, 11) is 0. The van der Waals surface area contributed by atoms with Gasteiger partial charge in [-0.15, -0.1) is 0 Å². The second kappa shape index (κ2) is 5.84. The lowest BCUT2D eigenvalue weighted by Gasteiger charge is -2.12. The van der Waals surface area contributed by atoms with Crippen LogP contribution < -0.4 is 4.74 Å². The molecule has 0 N–H and O–H groups in total. The molecule has 3 aromatic rings. The summed E-state index contributed by atoms with van der Waals surface area (Å²) < 4.78 is 5.76. The van der Waals surface area contributed by atoms with Gasteiger partial charge in [0.25, 0.3) is 0 Å². The molecule has 2 aromatic carbocycles. The second-order valence-corrected chi connectivity index (χ2v) is 5.97. The molecule has 0 unspecified atom stereocenters. The molecule has 0 atom stereocenters. The Morgan fingerprint density at radius 3 is 2.57 bits per heavy atom. The number of carbonyl (C=O) groups excluding carboxylic acids is 1. The van der Waals surface area contributed by atoms with Crippen molar-refractivity contribution in [1.82, 2.24) is 4.98 Å². The molecule has 0 bridgehead atoms. The summed E-state index contributed by atoms with van der Waals surface area (Å²) in [5, 5.41) is 1.96. The van der Waals surface area contributed by atoms with Crippen LogP contribution in [-0.2, 0) is 11.2 Å². The second-order valence-electron chi connectivity index (χ2n) is 5.97. The Balaban J connectivity index is 1.67. The largest absolute Gasteiger partial charge is 0.424 e. The Bertz CT molecular complexity index is 854. The van der Waals surface area contributed by atoms with E-state index >= 15 is 0 Å². The summed E-state index contributed by atoms with van der Waals surface area (Å²) in [4.78, 5) is 16.9. The molecule has 0 radical (unpaired) electrons. The fraction of sp³-hybridized carbons (Fsp3) is 0.200. The monoisotopic (exact) mass is 303 g/mol. The molecular weight excluding hydrogens is 286 g/mol. The van der Waals surface area contributed by atoms with Crippen molar-refractivity contribution in [3.05, 3.63) is 72.1 Å². The van der Waals surface area contributed by atoms with Gasteiger partial charge in [-0.2, -0.15) is 0 Å². The van der Waals surface area contributed by atoms with Gasteiger partial charge in [0.1, 0.15) is 0 Å². The first-order valence-electron chi connectivity index (χ1n) is 7.93. The van der Waals surface area contributed by atoms with Crippen molar-refractivity contribution in [2.45, 2.75) is 25.2 Å². The highest BCUT2D eigenvalue weighted by Gasteiger charge is 2.30. The molecule has 1 fully saturated rings. The van der Waals surface area contributed by atoms with E-state index in [9.17, 15) is 4.79 Å². The zero-order valence-electron chi connectivity index (χ0n) is 12.7. The normalized spacial score (nSPS) is 13.9. The van der Waals surface area contributed by atoms with Crippen molar-refractivity contribution in [2.24, 2.45) is 0 Å². The van der Waals surface area contributed by atoms with Gasteiger partial charge in [-0.25, -0.2) is 0 Å². The molecule has 1 aliphatic rings. The van der Waals surface area contributed by atoms with E-state index in [0.717, 1.165) is 34.9 Å². The molecule has 0 saturated heterocycles. The van der Waals surface area contributed by atoms with E-state index in [2.05, 4.69) is 4.98 Å². The number of nitrogens with zero attached hydrogens (tertiary/aromatic N) is 1. The summed E-state index contributed by atoms with van der Waals surface area (Å²) in [5.41, 5.74) is 1.88. The van der Waals surface area contributed by atoms with Crippen LogP contribution in [0.15, 0.2) is 60.8 Å². The van der Waals surface area contributed by atoms with Gasteiger partial charge in [-0.3, -0.25) is 9.78 Å². The number of hydrogen-bond donors (Lipinski definition) is 0. The van der Waals surface area contributed by atoms with Crippen LogP contribution in [0.1, 0.15) is 30.0 Å². The van der Waals surface area contributed by atoms with Gasteiger partial charge in [0.2, 0.25) is 0 Å². The zero-order valence-corrected chi connectivity index (χ0v) is 12.7. The summed E-state index contributed by atoms with van der Waals surface area (Å²) in [6.07, 6.45) is 4.38. The highest BCUT2D eigenvalue weighted by atomic mass is 16.5. The predicted octanol–water partition coefficient (Wildman–Crippen LogP) is 4.26. The Kier molecular flexibility index (Phi) is 3.54. The van der Waals surface area contributed by atoms with Gasteiger partial charge in [-0.1, -0.05) is 54.6 Å². The molecule has 0 aliphatic heterocycles. The lowest BCUT2D eigenvalue weighted by Crippen LogP contribution is -2.13. The van der Waals surface area contributed by atoms with E-state index in [0.29, 0.717) is 11.7 Å². The molecule has 1 heterocycles. The molecule has 1 saturated carbocycles. The van der Waals surface area contributed by atoms with Crippen molar-refractivity contribution >= 4 is 16.7 Å². The number of carbonyl (C=O) groups is 1. The van der Waals surface area contributed by atoms with Crippen LogP contribution in [0.2, 0.25) is 0 Å². The van der Waals surface area contributed by atoms with Gasteiger partial charge in [0.15, 0.2) is 5.75 Å². The fourth-order valence-electron chi connectivity index (χ4n) is 2.82. The zero-order chi connectivity index (χ0) is 15.6. The SMILES string of the molecule is O=C(Cc1ccccc1)Oc1c(C2CC2)ncc2ccccc12. The van der Waals surface area contributed by atoms with Crippen molar-refractivity contribution in [1.29, 1.82) is 0 Å². The first-order chi connectivity index (χ1) is 11.3. The van der Waals surface area contributed by atoms with Crippen molar-refractivity contribution in [3.63, 3.8) is 0 Å². The summed E-state index contributed by atoms with van der Waals surface area (Å²) >= 11 is 0. The highest BCUT2D eigenvalue weighted by molar-refractivity contribution is 5.91. The van der Waals surface area contributed by atoms with Crippen LogP contribution in [0.25, 0.3) is 10.8 Å². The first kappa shape index (κ1) is 13.9. The molecule has 114 valence electrons. The molecule has 3 nitrogen and oxygen atoms in total. The van der Waals surface area contributed by atoms with Gasteiger partial charge in [-0.05, 0) is 18.4 Å². The molecular formula is C20H17NO2. The van der Waals surface area contributed by atoms with E-state index < -0.39 is 0 Å². The molecule has 1 aromatic heterocycles. The standard InChI is InChI=1S/C20H17NO2/c22-18(12-14-6-2-1-3-7-14)23-20-17-9-5-4-8-16(17)13-21-19(20)15-10-11-15/h1-9,13,15H,10-12H2. The maximum atomic E-state index is 12.4. The number of ether oxygens (including phenoxy) is 1. The van der Waals surface area contributed by atoms with Gasteiger partial charge in [0.05, 0.1) is 12.1 Å². The molecule has 0 amide bonds. The quantitative estimate of drug-likeness (QED) is 0.676. The number of esters is 1. The Morgan fingerprint density at radius 1 is 1.04 bits per heavy atom. The average molecular weight is 303 g/mol. The third-order valence-corrected chi connectivity index (χ3v) is 4.15. The Morgan fingerprint density at radius 2 is 1.78 bits per heavy atom. The lowest BCUT2D eigenvalue weighted by atomic mass is 10.1. The number of hydrogen-bond acceptors (Lipinski definition) is 3. The summed E-state index contributed by atoms with van der Waals surface area (Å²) in [6, 6.07) is 17.6. The fourth-order valence-corrected chi connectivity index (χ4v) is 2.82. The van der Waals surface area contributed by atoms with Gasteiger partial charge < -0.3 is 4.74 Å². The number of fused-ring (bicyclic) bond motifs is 1. The van der Waals surface area contributed by atoms with Crippen LogP contribution in [0.4, 0.5) is 0 Å². The topological polar surface area (TPSA) is 39.2 Å². The Hall–Kier alpha value is -2.68. The molecule has 23 heavy (non-hydrogen) atoms. The van der Waals surface area contributed by atoms with Crippen molar-refractivity contribution < 1.29 is 9.53 Å². The third-order valence-electron chi connectivity index (χ3n) is 4.15. The molecule has 1 aliphatic carbocycles. The lowest BCUT2D eigenvalue weighted by molar-refractivity contribution is -0.133. The van der Waals surface area contributed by atoms with Crippen LogP contribution in [0, 0.1) is 0 Å². The first-order valence-corrected chi connectivity index (χ1v) is 7.93. The third kappa shape index (κ3) is 2.95. The smallest absolute Gasteiger partial charge is 0.315 e. The number of pyridine rings is 1. The number of aromatic nitrogens is 1. The van der Waals surface area contributed by atoms with Gasteiger partial charge in [0, 0.05) is 22.9 Å². The van der Waals surface area contributed by atoms with Crippen LogP contribution >= 0.6 is 0 Å². The van der Waals surface area contributed by atoms with E-state index in [1.165, 1.54) is 0 Å². The van der Waals surface area contributed by atoms with Crippen molar-refractivity contribution in [3.8, 4) is 5.75 Å². The molecule has 3 heteroatoms. The maximum absolute atomic E-state index is 12.4. The highest BCUT2D eigenvalue weighted by Crippen LogP contribution is 2.45. The minimum absolute atomic E-state index is 0.240. The van der Waals surface area contributed by atoms with Gasteiger partial charge >= 0.3 is 5.97 Å². The molecule has 0 spiro atoms. The van der Waals surface area contributed by atoms with Crippen LogP contribution in [0.3, 0.4) is 0 Å². The van der Waals surface area contributed by atoms with E-state index in [1.54, 1.807) is 0 Å². The minimum Gasteiger partial charge on any atom is -0.424 e. The number of rotatable bonds is 4. The van der Waals surface area contributed by atoms with Crippen LogP contribution in [0.5, 0.6) is 5.75 Å². The summed E-state index contributed by atoms with van der Waals surface area (Å²) in [6.45, 7) is 0. The average Bonchev–Trinajstić information content (AvgIpc) is 3.41. The Labute approximate surface area is 134 Å². The predicted molar refractivity (Wildman–Crippen MR) is 89.5 cm³/mol. The maximum Gasteiger partial charge on any atom is 0.315 e. The minimum atomic E-state index is -0.240. The van der Waals surface area contributed by atoms with Crippen LogP contribution in [-0.4, -0.2) is 11.0 Å². The van der Waals surface area contributed by atoms with Crippen molar-refractivity contribution in [2.75, 3.05) is 0 Å². The van der Waals surface area contributed by atoms with E-state index in [4.69, 9.17) is 4.74 Å². The van der Waals surface area contributed by atoms with E-state index in [1.807, 2.05) is 60.8 Å².